The van der Waals surface area contributed by atoms with Crippen LogP contribution in [0.5, 0.6) is 5.75 Å². The first-order valence-electron chi connectivity index (χ1n) is 6.48. The molecule has 0 bridgehead atoms. The molecule has 0 amide bonds. The molecular formula is C14H16N2O3. The third kappa shape index (κ3) is 1.95. The van der Waals surface area contributed by atoms with Gasteiger partial charge in [0.15, 0.2) is 0 Å². The quantitative estimate of drug-likeness (QED) is 0.860. The summed E-state index contributed by atoms with van der Waals surface area (Å²) in [4.78, 5) is 16.2. The number of hydrogen-bond donors (Lipinski definition) is 1. The Labute approximate surface area is 110 Å². The molecule has 1 aromatic heterocycles. The summed E-state index contributed by atoms with van der Waals surface area (Å²) in [5.74, 6) is 1.08. The van der Waals surface area contributed by atoms with Crippen molar-refractivity contribution >= 4 is 17.0 Å². The van der Waals surface area contributed by atoms with E-state index in [1.54, 1.807) is 13.0 Å². The Morgan fingerprint density at radius 1 is 1.53 bits per heavy atom. The number of phenolic OH excluding ortho intramolecular Hbond substituents is 1. The van der Waals surface area contributed by atoms with Crippen molar-refractivity contribution < 1.29 is 14.6 Å². The summed E-state index contributed by atoms with van der Waals surface area (Å²) in [5.41, 5.74) is 1.68. The fourth-order valence-electron chi connectivity index (χ4n) is 2.33. The van der Waals surface area contributed by atoms with Crippen LogP contribution in [0.15, 0.2) is 12.1 Å². The van der Waals surface area contributed by atoms with Crippen LogP contribution in [0.1, 0.15) is 41.9 Å². The van der Waals surface area contributed by atoms with Crippen molar-refractivity contribution in [3.8, 4) is 5.75 Å². The van der Waals surface area contributed by atoms with Crippen molar-refractivity contribution in [3.05, 3.63) is 23.5 Å². The highest BCUT2D eigenvalue weighted by Crippen LogP contribution is 2.41. The van der Waals surface area contributed by atoms with Crippen LogP contribution in [-0.2, 0) is 11.8 Å². The van der Waals surface area contributed by atoms with E-state index >= 15 is 0 Å². The summed E-state index contributed by atoms with van der Waals surface area (Å²) in [6, 6.07) is 3.15. The van der Waals surface area contributed by atoms with Crippen LogP contribution in [0, 0.1) is 0 Å². The topological polar surface area (TPSA) is 64.3 Å². The Kier molecular flexibility index (Phi) is 2.69. The van der Waals surface area contributed by atoms with Gasteiger partial charge in [0.25, 0.3) is 0 Å². The summed E-state index contributed by atoms with van der Waals surface area (Å²) < 4.78 is 6.91. The smallest absolute Gasteiger partial charge is 0.338 e. The van der Waals surface area contributed by atoms with Crippen LogP contribution < -0.4 is 0 Å². The number of carbonyl (C=O) groups is 1. The van der Waals surface area contributed by atoms with Gasteiger partial charge in [-0.25, -0.2) is 9.78 Å². The maximum atomic E-state index is 11.7. The Bertz CT molecular complexity index is 656. The van der Waals surface area contributed by atoms with E-state index in [1.165, 1.54) is 6.07 Å². The number of phenols is 1. The Hall–Kier alpha value is -2.04. The molecule has 0 aliphatic heterocycles. The number of hydrogen-bond acceptors (Lipinski definition) is 4. The molecule has 100 valence electrons. The number of fused-ring (bicyclic) bond motifs is 1. The van der Waals surface area contributed by atoms with E-state index in [0.717, 1.165) is 24.2 Å². The van der Waals surface area contributed by atoms with Gasteiger partial charge in [-0.2, -0.15) is 0 Å². The predicted octanol–water partition coefficient (Wildman–Crippen LogP) is 2.33. The van der Waals surface area contributed by atoms with Gasteiger partial charge in [-0.05, 0) is 31.9 Å². The molecule has 0 spiro atoms. The van der Waals surface area contributed by atoms with Gasteiger partial charge in [-0.1, -0.05) is 0 Å². The lowest BCUT2D eigenvalue weighted by atomic mass is 10.2. The highest BCUT2D eigenvalue weighted by Gasteiger charge is 2.29. The zero-order valence-electron chi connectivity index (χ0n) is 11.0. The third-order valence-corrected chi connectivity index (χ3v) is 3.45. The molecular weight excluding hydrogens is 244 g/mol. The van der Waals surface area contributed by atoms with Gasteiger partial charge in [0.1, 0.15) is 17.1 Å². The lowest BCUT2D eigenvalue weighted by Gasteiger charge is -2.04. The number of nitrogens with zero attached hydrogens (tertiary/aromatic N) is 2. The second kappa shape index (κ2) is 4.26. The molecule has 1 N–H and O–H groups in total. The molecule has 1 aliphatic rings. The summed E-state index contributed by atoms with van der Waals surface area (Å²) >= 11 is 0. The van der Waals surface area contributed by atoms with E-state index in [-0.39, 0.29) is 5.75 Å². The highest BCUT2D eigenvalue weighted by molar-refractivity contribution is 5.96. The second-order valence-corrected chi connectivity index (χ2v) is 4.89. The number of benzene rings is 1. The molecule has 1 aliphatic carbocycles. The Balaban J connectivity index is 2.13. The van der Waals surface area contributed by atoms with Crippen LogP contribution in [0.3, 0.4) is 0 Å². The molecule has 1 fully saturated rings. The fraction of sp³-hybridized carbons (Fsp3) is 0.429. The van der Waals surface area contributed by atoms with Crippen molar-refractivity contribution in [2.75, 3.05) is 6.61 Å². The largest absolute Gasteiger partial charge is 0.506 e. The number of imidazole rings is 1. The van der Waals surface area contributed by atoms with Crippen molar-refractivity contribution in [1.82, 2.24) is 9.55 Å². The van der Waals surface area contributed by atoms with Crippen molar-refractivity contribution in [3.63, 3.8) is 0 Å². The molecule has 1 saturated carbocycles. The van der Waals surface area contributed by atoms with Gasteiger partial charge in [0.2, 0.25) is 0 Å². The molecule has 0 radical (unpaired) electrons. The number of carbonyl (C=O) groups excluding carboxylic acids is 1. The normalized spacial score (nSPS) is 14.8. The molecule has 3 rings (SSSR count). The van der Waals surface area contributed by atoms with Gasteiger partial charge >= 0.3 is 5.97 Å². The molecule has 0 atom stereocenters. The van der Waals surface area contributed by atoms with Crippen LogP contribution in [-0.4, -0.2) is 27.2 Å². The van der Waals surface area contributed by atoms with E-state index in [4.69, 9.17) is 4.74 Å². The predicted molar refractivity (Wildman–Crippen MR) is 70.3 cm³/mol. The average molecular weight is 260 g/mol. The molecule has 5 heteroatoms. The van der Waals surface area contributed by atoms with E-state index in [9.17, 15) is 9.90 Å². The number of esters is 1. The minimum atomic E-state index is -0.422. The first-order chi connectivity index (χ1) is 9.11. The fourth-order valence-corrected chi connectivity index (χ4v) is 2.33. The second-order valence-electron chi connectivity index (χ2n) is 4.89. The summed E-state index contributed by atoms with van der Waals surface area (Å²) in [7, 11) is 1.91. The molecule has 19 heavy (non-hydrogen) atoms. The standard InChI is InChI=1S/C14H16N2O3/c1-3-19-14(18)9-6-10-12(11(17)7-9)15-13(16(10)2)8-4-5-8/h6-8,17H,3-5H2,1-2H3. The zero-order chi connectivity index (χ0) is 13.6. The van der Waals surface area contributed by atoms with E-state index in [1.807, 2.05) is 11.6 Å². The van der Waals surface area contributed by atoms with E-state index in [2.05, 4.69) is 4.98 Å². The van der Waals surface area contributed by atoms with Gasteiger partial charge in [-0.3, -0.25) is 0 Å². The number of aromatic nitrogens is 2. The first kappa shape index (κ1) is 12.0. The molecule has 2 aromatic rings. The van der Waals surface area contributed by atoms with Crippen LogP contribution in [0.2, 0.25) is 0 Å². The van der Waals surface area contributed by atoms with Gasteiger partial charge in [0, 0.05) is 13.0 Å². The summed E-state index contributed by atoms with van der Waals surface area (Å²) in [5, 5.41) is 10.0. The molecule has 0 saturated heterocycles. The van der Waals surface area contributed by atoms with Crippen molar-refractivity contribution in [2.24, 2.45) is 7.05 Å². The third-order valence-electron chi connectivity index (χ3n) is 3.45. The van der Waals surface area contributed by atoms with Gasteiger partial charge in [0.05, 0.1) is 17.7 Å². The molecule has 0 unspecified atom stereocenters. The number of rotatable bonds is 3. The molecule has 5 nitrogen and oxygen atoms in total. The van der Waals surface area contributed by atoms with Gasteiger partial charge in [-0.15, -0.1) is 0 Å². The number of aryl methyl sites for hydroxylation is 1. The zero-order valence-corrected chi connectivity index (χ0v) is 11.0. The lowest BCUT2D eigenvalue weighted by molar-refractivity contribution is 0.0526. The summed E-state index contributed by atoms with van der Waals surface area (Å²) in [6.07, 6.45) is 2.28. The Morgan fingerprint density at radius 2 is 2.26 bits per heavy atom. The van der Waals surface area contributed by atoms with Crippen LogP contribution >= 0.6 is 0 Å². The van der Waals surface area contributed by atoms with Crippen molar-refractivity contribution in [1.29, 1.82) is 0 Å². The minimum absolute atomic E-state index is 0.0306. The van der Waals surface area contributed by atoms with Crippen LogP contribution in [0.25, 0.3) is 11.0 Å². The Morgan fingerprint density at radius 3 is 2.89 bits per heavy atom. The maximum absolute atomic E-state index is 11.7. The first-order valence-corrected chi connectivity index (χ1v) is 6.48. The van der Waals surface area contributed by atoms with E-state index in [0.29, 0.717) is 23.6 Å². The minimum Gasteiger partial charge on any atom is -0.506 e. The van der Waals surface area contributed by atoms with Crippen molar-refractivity contribution in [2.45, 2.75) is 25.7 Å². The summed E-state index contributed by atoms with van der Waals surface area (Å²) in [6.45, 7) is 2.07. The molecule has 1 heterocycles. The average Bonchev–Trinajstić information content (AvgIpc) is 3.16. The monoisotopic (exact) mass is 260 g/mol. The maximum Gasteiger partial charge on any atom is 0.338 e. The SMILES string of the molecule is CCOC(=O)c1cc(O)c2nc(C3CC3)n(C)c2c1. The lowest BCUT2D eigenvalue weighted by Crippen LogP contribution is -2.04. The van der Waals surface area contributed by atoms with Crippen LogP contribution in [0.4, 0.5) is 0 Å². The molecule has 1 aromatic carbocycles. The number of ether oxygens (including phenoxy) is 1. The number of aromatic hydroxyl groups is 1. The van der Waals surface area contributed by atoms with Gasteiger partial charge < -0.3 is 14.4 Å². The van der Waals surface area contributed by atoms with E-state index < -0.39 is 5.97 Å². The highest BCUT2D eigenvalue weighted by atomic mass is 16.5.